The summed E-state index contributed by atoms with van der Waals surface area (Å²) in [6.45, 7) is 3.88. The van der Waals surface area contributed by atoms with Gasteiger partial charge in [0.25, 0.3) is 0 Å². The second-order valence-corrected chi connectivity index (χ2v) is 3.39. The minimum absolute atomic E-state index is 0.209. The Balaban J connectivity index is 3.07. The highest BCUT2D eigenvalue weighted by atomic mass is 35.5. The monoisotopic (exact) mass is 198 g/mol. The largest absolute Gasteiger partial charge is 0.207 e. The number of benzene rings is 1. The quantitative estimate of drug-likeness (QED) is 0.635. The van der Waals surface area contributed by atoms with Gasteiger partial charge in [-0.1, -0.05) is 17.7 Å². The molecule has 0 radical (unpaired) electrons. The van der Waals surface area contributed by atoms with Gasteiger partial charge in [-0.25, -0.2) is 4.39 Å². The third-order valence-corrected chi connectivity index (χ3v) is 2.28. The molecule has 0 heterocycles. The van der Waals surface area contributed by atoms with E-state index in [1.54, 1.807) is 6.07 Å². The topological polar surface area (TPSA) is 0 Å². The normalized spacial score (nSPS) is 11.8. The van der Waals surface area contributed by atoms with Gasteiger partial charge in [0.05, 0.1) is 0 Å². The molecule has 0 spiro atoms. The van der Waals surface area contributed by atoms with Crippen molar-refractivity contribution in [3.05, 3.63) is 40.7 Å². The summed E-state index contributed by atoms with van der Waals surface area (Å²) in [6.07, 6.45) is 1.91. The molecule has 0 nitrogen and oxygen atoms in total. The summed E-state index contributed by atoms with van der Waals surface area (Å²) in [4.78, 5) is 0. The molecule has 0 aromatic heterocycles. The van der Waals surface area contributed by atoms with Gasteiger partial charge in [-0.2, -0.15) is 0 Å². The summed E-state index contributed by atoms with van der Waals surface area (Å²) in [5.41, 5.74) is 3.00. The lowest BCUT2D eigenvalue weighted by atomic mass is 10.1. The summed E-state index contributed by atoms with van der Waals surface area (Å²) in [5.74, 6) is 0.273. The predicted molar refractivity (Wildman–Crippen MR) is 55.5 cm³/mol. The minimum Gasteiger partial charge on any atom is -0.207 e. The highest BCUT2D eigenvalue weighted by Crippen LogP contribution is 2.14. The molecule has 1 rings (SSSR count). The molecule has 0 amide bonds. The van der Waals surface area contributed by atoms with E-state index in [0.29, 0.717) is 5.88 Å². The molecule has 0 fully saturated rings. The number of halogens is 2. The maximum Gasteiger partial charge on any atom is 0.123 e. The van der Waals surface area contributed by atoms with Gasteiger partial charge in [0.15, 0.2) is 0 Å². The molecule has 0 aliphatic carbocycles. The van der Waals surface area contributed by atoms with Crippen LogP contribution in [0.4, 0.5) is 4.39 Å². The van der Waals surface area contributed by atoms with Crippen LogP contribution in [0.1, 0.15) is 18.1 Å². The average molecular weight is 199 g/mol. The molecular formula is C11H12ClF. The van der Waals surface area contributed by atoms with Crippen LogP contribution in [0.5, 0.6) is 0 Å². The number of aryl methyl sites for hydroxylation is 1. The van der Waals surface area contributed by atoms with Crippen LogP contribution in [0.25, 0.3) is 6.08 Å². The molecule has 0 saturated carbocycles. The highest BCUT2D eigenvalue weighted by molar-refractivity contribution is 6.19. The Labute approximate surface area is 83.0 Å². The fourth-order valence-electron chi connectivity index (χ4n) is 1.07. The molecule has 0 saturated heterocycles. The van der Waals surface area contributed by atoms with Crippen LogP contribution < -0.4 is 0 Å². The van der Waals surface area contributed by atoms with Gasteiger partial charge in [-0.05, 0) is 37.1 Å². The lowest BCUT2D eigenvalue weighted by molar-refractivity contribution is 0.627. The number of hydrogen-bond donors (Lipinski definition) is 0. The minimum atomic E-state index is -0.209. The maximum atomic E-state index is 12.8. The number of hydrogen-bond acceptors (Lipinski definition) is 0. The van der Waals surface area contributed by atoms with Crippen molar-refractivity contribution in [2.45, 2.75) is 13.8 Å². The molecular weight excluding hydrogens is 187 g/mol. The second kappa shape index (κ2) is 4.43. The third kappa shape index (κ3) is 2.85. The van der Waals surface area contributed by atoms with Crippen LogP contribution >= 0.6 is 11.6 Å². The fraction of sp³-hybridized carbons (Fsp3) is 0.273. The average Bonchev–Trinajstić information content (AvgIpc) is 2.11. The van der Waals surface area contributed by atoms with E-state index < -0.39 is 0 Å². The van der Waals surface area contributed by atoms with Gasteiger partial charge in [0.1, 0.15) is 5.82 Å². The van der Waals surface area contributed by atoms with E-state index in [-0.39, 0.29) is 5.82 Å². The van der Waals surface area contributed by atoms with E-state index in [4.69, 9.17) is 11.6 Å². The zero-order valence-corrected chi connectivity index (χ0v) is 8.53. The van der Waals surface area contributed by atoms with Crippen LogP contribution in [0.15, 0.2) is 23.8 Å². The summed E-state index contributed by atoms with van der Waals surface area (Å²) in [6, 6.07) is 4.75. The fourth-order valence-corrected chi connectivity index (χ4v) is 1.15. The van der Waals surface area contributed by atoms with Crippen molar-refractivity contribution in [2.24, 2.45) is 0 Å². The van der Waals surface area contributed by atoms with Crippen LogP contribution in [-0.2, 0) is 0 Å². The smallest absolute Gasteiger partial charge is 0.123 e. The van der Waals surface area contributed by atoms with E-state index in [0.717, 1.165) is 16.7 Å². The van der Waals surface area contributed by atoms with Crippen molar-refractivity contribution < 1.29 is 4.39 Å². The van der Waals surface area contributed by atoms with E-state index in [1.807, 2.05) is 19.9 Å². The zero-order chi connectivity index (χ0) is 9.84. The lowest BCUT2D eigenvalue weighted by Gasteiger charge is -2.01. The van der Waals surface area contributed by atoms with E-state index in [2.05, 4.69) is 0 Å². The van der Waals surface area contributed by atoms with Crippen LogP contribution in [-0.4, -0.2) is 5.88 Å². The number of allylic oxidation sites excluding steroid dienone is 1. The Morgan fingerprint density at radius 1 is 1.54 bits per heavy atom. The molecule has 0 unspecified atom stereocenters. The molecule has 13 heavy (non-hydrogen) atoms. The predicted octanol–water partition coefficient (Wildman–Crippen LogP) is 3.78. The van der Waals surface area contributed by atoms with Crippen molar-refractivity contribution in [3.8, 4) is 0 Å². The van der Waals surface area contributed by atoms with Gasteiger partial charge in [0.2, 0.25) is 0 Å². The Morgan fingerprint density at radius 2 is 2.23 bits per heavy atom. The van der Waals surface area contributed by atoms with E-state index in [1.165, 1.54) is 12.1 Å². The molecule has 0 aliphatic rings. The standard InChI is InChI=1S/C11H12ClF/c1-8(7-12)5-10-6-11(13)4-3-9(10)2/h3-6H,7H2,1-2H3/b8-5-. The van der Waals surface area contributed by atoms with Gasteiger partial charge in [-0.15, -0.1) is 11.6 Å². The zero-order valence-electron chi connectivity index (χ0n) is 7.77. The Bertz CT molecular complexity index is 329. The lowest BCUT2D eigenvalue weighted by Crippen LogP contribution is -1.85. The van der Waals surface area contributed by atoms with Gasteiger partial charge < -0.3 is 0 Å². The first kappa shape index (κ1) is 10.3. The first-order valence-corrected chi connectivity index (χ1v) is 4.66. The van der Waals surface area contributed by atoms with Crippen molar-refractivity contribution >= 4 is 17.7 Å². The molecule has 2 heteroatoms. The Hall–Kier alpha value is -0.820. The van der Waals surface area contributed by atoms with Gasteiger partial charge in [-0.3, -0.25) is 0 Å². The molecule has 0 bridgehead atoms. The van der Waals surface area contributed by atoms with Crippen LogP contribution in [0, 0.1) is 12.7 Å². The van der Waals surface area contributed by atoms with Crippen LogP contribution in [0.2, 0.25) is 0 Å². The number of alkyl halides is 1. The van der Waals surface area contributed by atoms with Crippen molar-refractivity contribution in [2.75, 3.05) is 5.88 Å². The molecule has 1 aromatic carbocycles. The molecule has 70 valence electrons. The Kier molecular flexibility index (Phi) is 3.49. The first-order valence-electron chi connectivity index (χ1n) is 4.13. The molecule has 1 aromatic rings. The summed E-state index contributed by atoms with van der Waals surface area (Å²) < 4.78 is 12.8. The van der Waals surface area contributed by atoms with Gasteiger partial charge in [0, 0.05) is 5.88 Å². The summed E-state index contributed by atoms with van der Waals surface area (Å²) in [5, 5.41) is 0. The SMILES string of the molecule is C/C(=C/c1cc(F)ccc1C)CCl. The highest BCUT2D eigenvalue weighted by Gasteiger charge is 1.97. The van der Waals surface area contributed by atoms with Crippen molar-refractivity contribution in [1.29, 1.82) is 0 Å². The summed E-state index contributed by atoms with van der Waals surface area (Å²) >= 11 is 5.63. The van der Waals surface area contributed by atoms with Crippen molar-refractivity contribution in [3.63, 3.8) is 0 Å². The maximum absolute atomic E-state index is 12.8. The summed E-state index contributed by atoms with van der Waals surface area (Å²) in [7, 11) is 0. The molecule has 0 aliphatic heterocycles. The van der Waals surface area contributed by atoms with Gasteiger partial charge >= 0.3 is 0 Å². The third-order valence-electron chi connectivity index (χ3n) is 1.85. The Morgan fingerprint density at radius 3 is 2.85 bits per heavy atom. The molecule has 0 N–H and O–H groups in total. The van der Waals surface area contributed by atoms with Crippen molar-refractivity contribution in [1.82, 2.24) is 0 Å². The molecule has 0 atom stereocenters. The first-order chi connectivity index (χ1) is 6.13. The second-order valence-electron chi connectivity index (χ2n) is 3.13. The van der Waals surface area contributed by atoms with Crippen LogP contribution in [0.3, 0.4) is 0 Å². The van der Waals surface area contributed by atoms with E-state index in [9.17, 15) is 4.39 Å². The van der Waals surface area contributed by atoms with E-state index >= 15 is 0 Å². The number of rotatable bonds is 2.